The Morgan fingerprint density at radius 1 is 0.704 bits per heavy atom. The number of rotatable bonds is 3. The van der Waals surface area contributed by atoms with E-state index >= 15 is 0 Å². The summed E-state index contributed by atoms with van der Waals surface area (Å²) in [6.45, 7) is 10.3. The van der Waals surface area contributed by atoms with Gasteiger partial charge in [0.2, 0.25) is 0 Å². The first-order valence-corrected chi connectivity index (χ1v) is 9.29. The first-order valence-electron chi connectivity index (χ1n) is 9.29. The van der Waals surface area contributed by atoms with Crippen molar-refractivity contribution in [1.29, 1.82) is 0 Å². The van der Waals surface area contributed by atoms with E-state index in [1.54, 1.807) is 0 Å². The number of benzene rings is 3. The summed E-state index contributed by atoms with van der Waals surface area (Å²) in [6, 6.07) is 21.8. The zero-order valence-electron chi connectivity index (χ0n) is 16.9. The van der Waals surface area contributed by atoms with Crippen LogP contribution in [0.3, 0.4) is 0 Å². The van der Waals surface area contributed by atoms with Gasteiger partial charge in [-0.1, -0.05) is 77.9 Å². The van der Waals surface area contributed by atoms with Crippen LogP contribution < -0.4 is 5.73 Å². The van der Waals surface area contributed by atoms with Gasteiger partial charge in [-0.05, 0) is 51.3 Å². The molecule has 0 aliphatic carbocycles. The van der Waals surface area contributed by atoms with Crippen molar-refractivity contribution in [1.82, 2.24) is 0 Å². The largest absolute Gasteiger partial charge is 0.324 e. The molecule has 2 heteroatoms. The molecule has 1 unspecified atom stereocenters. The number of hydrogen-bond acceptors (Lipinski definition) is 2. The zero-order valence-corrected chi connectivity index (χ0v) is 16.9. The van der Waals surface area contributed by atoms with E-state index in [0.29, 0.717) is 0 Å². The molecule has 0 fully saturated rings. The molecule has 3 aromatic carbocycles. The van der Waals surface area contributed by atoms with Gasteiger partial charge >= 0.3 is 0 Å². The van der Waals surface area contributed by atoms with Gasteiger partial charge in [-0.3, -0.25) is 4.79 Å². The Balaban J connectivity index is 0.000000208. The fraction of sp³-hybridized carbons (Fsp3) is 0.240. The summed E-state index contributed by atoms with van der Waals surface area (Å²) in [5.74, 6) is 0.0833. The van der Waals surface area contributed by atoms with Gasteiger partial charge in [0, 0.05) is 17.2 Å². The van der Waals surface area contributed by atoms with Crippen molar-refractivity contribution in [2.75, 3.05) is 0 Å². The molecule has 3 rings (SSSR count). The van der Waals surface area contributed by atoms with Gasteiger partial charge in [0.05, 0.1) is 0 Å². The molecule has 2 nitrogen and oxygen atoms in total. The molecule has 0 aliphatic heterocycles. The molecule has 0 radical (unpaired) electrons. The van der Waals surface area contributed by atoms with Gasteiger partial charge < -0.3 is 5.73 Å². The van der Waals surface area contributed by atoms with Gasteiger partial charge in [-0.2, -0.15) is 0 Å². The molecule has 0 saturated carbocycles. The number of ketones is 1. The van der Waals surface area contributed by atoms with E-state index < -0.39 is 0 Å². The van der Waals surface area contributed by atoms with Gasteiger partial charge in [0.15, 0.2) is 5.78 Å². The molecule has 0 heterocycles. The summed E-state index contributed by atoms with van der Waals surface area (Å²) < 4.78 is 0. The lowest BCUT2D eigenvalue weighted by Crippen LogP contribution is -2.08. The van der Waals surface area contributed by atoms with Crippen LogP contribution in [0.25, 0.3) is 0 Å². The van der Waals surface area contributed by atoms with Gasteiger partial charge in [-0.15, -0.1) is 0 Å². The minimum Gasteiger partial charge on any atom is -0.324 e. The van der Waals surface area contributed by atoms with E-state index in [4.69, 9.17) is 5.73 Å². The van der Waals surface area contributed by atoms with E-state index in [2.05, 4.69) is 32.0 Å². The highest BCUT2D eigenvalue weighted by atomic mass is 16.1. The predicted octanol–water partition coefficient (Wildman–Crippen LogP) is 5.86. The van der Waals surface area contributed by atoms with Gasteiger partial charge in [0.1, 0.15) is 0 Å². The molecule has 140 valence electrons. The summed E-state index contributed by atoms with van der Waals surface area (Å²) in [7, 11) is 0. The molecule has 0 saturated heterocycles. The SMILES string of the molecule is Cc1ccc(C(=O)c2ccc(C)cc2)cc1.Cc1cccc(C)c1C(C)N. The smallest absolute Gasteiger partial charge is 0.193 e. The van der Waals surface area contributed by atoms with Crippen molar-refractivity contribution in [3.8, 4) is 0 Å². The highest BCUT2D eigenvalue weighted by molar-refractivity contribution is 6.08. The summed E-state index contributed by atoms with van der Waals surface area (Å²) >= 11 is 0. The van der Waals surface area contributed by atoms with Crippen molar-refractivity contribution in [3.63, 3.8) is 0 Å². The molecular weight excluding hydrogens is 330 g/mol. The Bertz CT molecular complexity index is 823. The number of aryl methyl sites for hydroxylation is 4. The van der Waals surface area contributed by atoms with E-state index in [-0.39, 0.29) is 11.8 Å². The van der Waals surface area contributed by atoms with Crippen LogP contribution in [0.4, 0.5) is 0 Å². The highest BCUT2D eigenvalue weighted by Crippen LogP contribution is 2.18. The van der Waals surface area contributed by atoms with Crippen LogP contribution in [0.1, 0.15) is 56.7 Å². The Labute approximate surface area is 163 Å². The minimum absolute atomic E-state index is 0.0833. The molecular formula is C25H29NO. The third kappa shape index (κ3) is 5.63. The van der Waals surface area contributed by atoms with Crippen molar-refractivity contribution in [3.05, 3.63) is 106 Å². The molecule has 0 amide bonds. The minimum atomic E-state index is 0.0833. The maximum Gasteiger partial charge on any atom is 0.193 e. The molecule has 3 aromatic rings. The summed E-state index contributed by atoms with van der Waals surface area (Å²) in [4.78, 5) is 12.1. The Morgan fingerprint density at radius 2 is 1.07 bits per heavy atom. The second-order valence-corrected chi connectivity index (χ2v) is 7.16. The highest BCUT2D eigenvalue weighted by Gasteiger charge is 2.07. The van der Waals surface area contributed by atoms with E-state index in [0.717, 1.165) is 11.1 Å². The summed E-state index contributed by atoms with van der Waals surface area (Å²) in [6.07, 6.45) is 0. The number of nitrogens with two attached hydrogens (primary N) is 1. The average molecular weight is 360 g/mol. The van der Waals surface area contributed by atoms with Crippen molar-refractivity contribution in [2.24, 2.45) is 5.73 Å². The van der Waals surface area contributed by atoms with Crippen LogP contribution in [-0.2, 0) is 0 Å². The third-order valence-corrected chi connectivity index (χ3v) is 4.62. The quantitative estimate of drug-likeness (QED) is 0.595. The van der Waals surface area contributed by atoms with Crippen molar-refractivity contribution >= 4 is 5.78 Å². The average Bonchev–Trinajstić information content (AvgIpc) is 2.62. The van der Waals surface area contributed by atoms with E-state index in [1.807, 2.05) is 69.3 Å². The van der Waals surface area contributed by atoms with Crippen LogP contribution in [0.5, 0.6) is 0 Å². The normalized spacial score (nSPS) is 11.3. The molecule has 1 atom stereocenters. The summed E-state index contributed by atoms with van der Waals surface area (Å²) in [5, 5.41) is 0. The van der Waals surface area contributed by atoms with Gasteiger partial charge in [0.25, 0.3) is 0 Å². The predicted molar refractivity (Wildman–Crippen MR) is 114 cm³/mol. The van der Waals surface area contributed by atoms with Gasteiger partial charge in [-0.25, -0.2) is 0 Å². The molecule has 0 bridgehead atoms. The molecule has 2 N–H and O–H groups in total. The first kappa shape index (κ1) is 20.6. The zero-order chi connectivity index (χ0) is 20.0. The molecule has 0 aliphatic rings. The standard InChI is InChI=1S/C15H14O.C10H15N/c1-11-3-7-13(8-4-11)15(16)14-9-5-12(2)6-10-14;1-7-5-4-6-8(2)10(7)9(3)11/h3-10H,1-2H3;4-6,9H,11H2,1-3H3. The second kappa shape index (κ2) is 9.29. The van der Waals surface area contributed by atoms with E-state index in [1.165, 1.54) is 27.8 Å². The van der Waals surface area contributed by atoms with E-state index in [9.17, 15) is 4.79 Å². The van der Waals surface area contributed by atoms with Crippen LogP contribution in [0.2, 0.25) is 0 Å². The molecule has 0 aromatic heterocycles. The lowest BCUT2D eigenvalue weighted by molar-refractivity contribution is 0.103. The maximum absolute atomic E-state index is 12.1. The maximum atomic E-state index is 12.1. The fourth-order valence-electron chi connectivity index (χ4n) is 3.12. The van der Waals surface area contributed by atoms with Crippen LogP contribution in [-0.4, -0.2) is 5.78 Å². The number of hydrogen-bond donors (Lipinski definition) is 1. The van der Waals surface area contributed by atoms with Crippen LogP contribution >= 0.6 is 0 Å². The third-order valence-electron chi connectivity index (χ3n) is 4.62. The fourth-order valence-corrected chi connectivity index (χ4v) is 3.12. The number of carbonyl (C=O) groups is 1. The van der Waals surface area contributed by atoms with Crippen LogP contribution in [0, 0.1) is 27.7 Å². The van der Waals surface area contributed by atoms with Crippen LogP contribution in [0.15, 0.2) is 66.7 Å². The topological polar surface area (TPSA) is 43.1 Å². The number of carbonyl (C=O) groups excluding carboxylic acids is 1. The lowest BCUT2D eigenvalue weighted by Gasteiger charge is -2.12. The summed E-state index contributed by atoms with van der Waals surface area (Å²) in [5.41, 5.74) is 13.5. The molecule has 0 spiro atoms. The molecule has 27 heavy (non-hydrogen) atoms. The Kier molecular flexibility index (Phi) is 7.09. The second-order valence-electron chi connectivity index (χ2n) is 7.16. The van der Waals surface area contributed by atoms with Crippen molar-refractivity contribution in [2.45, 2.75) is 40.7 Å². The Morgan fingerprint density at radius 3 is 1.37 bits per heavy atom. The monoisotopic (exact) mass is 359 g/mol. The Hall–Kier alpha value is -2.71. The lowest BCUT2D eigenvalue weighted by atomic mass is 9.98. The van der Waals surface area contributed by atoms with Crippen molar-refractivity contribution < 1.29 is 4.79 Å². The first-order chi connectivity index (χ1) is 12.8.